The lowest BCUT2D eigenvalue weighted by Crippen LogP contribution is -2.40. The van der Waals surface area contributed by atoms with Crippen LogP contribution in [0.25, 0.3) is 10.9 Å². The normalized spacial score (nSPS) is 22.3. The lowest BCUT2D eigenvalue weighted by Gasteiger charge is -2.31. The number of nitrogens with one attached hydrogen (secondary N) is 1. The summed E-state index contributed by atoms with van der Waals surface area (Å²) in [5.74, 6) is 0.485. The van der Waals surface area contributed by atoms with Crippen molar-refractivity contribution in [2.45, 2.75) is 51.0 Å². The van der Waals surface area contributed by atoms with Crippen molar-refractivity contribution >= 4 is 28.4 Å². The van der Waals surface area contributed by atoms with Gasteiger partial charge in [-0.25, -0.2) is 4.39 Å². The number of carbonyl (C=O) groups excluding carboxylic acids is 1. The molecule has 156 valence electrons. The predicted octanol–water partition coefficient (Wildman–Crippen LogP) is 6.51. The predicted molar refractivity (Wildman–Crippen MR) is 119 cm³/mol. The van der Waals surface area contributed by atoms with E-state index in [2.05, 4.69) is 17.2 Å². The molecule has 0 saturated heterocycles. The number of carbonyl (C=O) groups is 1. The van der Waals surface area contributed by atoms with Crippen molar-refractivity contribution < 1.29 is 9.18 Å². The molecule has 1 aliphatic carbocycles. The van der Waals surface area contributed by atoms with Crippen LogP contribution in [-0.2, 0) is 0 Å². The molecule has 1 aliphatic rings. The Morgan fingerprint density at radius 2 is 1.87 bits per heavy atom. The lowest BCUT2D eigenvalue weighted by molar-refractivity contribution is 0.0915. The molecule has 0 unspecified atom stereocenters. The Morgan fingerprint density at radius 3 is 2.67 bits per heavy atom. The highest BCUT2D eigenvalue weighted by molar-refractivity contribution is 6.30. The van der Waals surface area contributed by atoms with E-state index in [1.54, 1.807) is 36.4 Å². The van der Waals surface area contributed by atoms with E-state index >= 15 is 0 Å². The van der Waals surface area contributed by atoms with Crippen LogP contribution in [0.5, 0.6) is 0 Å². The first-order valence-corrected chi connectivity index (χ1v) is 11.0. The quantitative estimate of drug-likeness (QED) is 0.520. The monoisotopic (exact) mass is 424 g/mol. The van der Waals surface area contributed by atoms with Crippen molar-refractivity contribution in [3.8, 4) is 0 Å². The Bertz CT molecular complexity index is 1040. The van der Waals surface area contributed by atoms with Gasteiger partial charge in [-0.1, -0.05) is 24.9 Å². The van der Waals surface area contributed by atoms with Gasteiger partial charge >= 0.3 is 0 Å². The minimum Gasteiger partial charge on any atom is -0.349 e. The van der Waals surface area contributed by atoms with Gasteiger partial charge in [0.1, 0.15) is 5.82 Å². The number of rotatable bonds is 3. The summed E-state index contributed by atoms with van der Waals surface area (Å²) in [6.45, 7) is 2.21. The van der Waals surface area contributed by atoms with Crippen LogP contribution in [0.3, 0.4) is 0 Å². The maximum Gasteiger partial charge on any atom is 0.251 e. The zero-order valence-corrected chi connectivity index (χ0v) is 17.8. The van der Waals surface area contributed by atoms with Crippen LogP contribution in [0.1, 0.15) is 60.9 Å². The Kier molecular flexibility index (Phi) is 6.33. The summed E-state index contributed by atoms with van der Waals surface area (Å²) in [7, 11) is 0. The molecular weight excluding hydrogens is 399 g/mol. The van der Waals surface area contributed by atoms with Crippen molar-refractivity contribution in [1.29, 1.82) is 0 Å². The van der Waals surface area contributed by atoms with Gasteiger partial charge in [-0.2, -0.15) is 0 Å². The van der Waals surface area contributed by atoms with Gasteiger partial charge < -0.3 is 5.32 Å². The second kappa shape index (κ2) is 9.13. The van der Waals surface area contributed by atoms with E-state index in [9.17, 15) is 9.18 Å². The summed E-state index contributed by atoms with van der Waals surface area (Å²) >= 11 is 5.92. The first-order valence-electron chi connectivity index (χ1n) is 10.6. The van der Waals surface area contributed by atoms with E-state index in [1.807, 2.05) is 12.3 Å². The van der Waals surface area contributed by atoms with Crippen molar-refractivity contribution in [3.63, 3.8) is 0 Å². The maximum atomic E-state index is 13.9. The van der Waals surface area contributed by atoms with Gasteiger partial charge in [-0.05, 0) is 91.6 Å². The third-order valence-electron chi connectivity index (χ3n) is 6.33. The number of pyridine rings is 1. The number of benzene rings is 2. The summed E-state index contributed by atoms with van der Waals surface area (Å²) in [6.07, 6.45) is 6.83. The SMILES string of the molecule is C[C@@H]1CC[C@@H](c2ccnc3ccc(F)cc23)CCC[C@@H]1NC(=O)c1ccc(Cl)cc1. The van der Waals surface area contributed by atoms with Crippen LogP contribution >= 0.6 is 11.6 Å². The summed E-state index contributed by atoms with van der Waals surface area (Å²) in [5, 5.41) is 4.77. The zero-order chi connectivity index (χ0) is 21.1. The van der Waals surface area contributed by atoms with Gasteiger partial charge in [-0.3, -0.25) is 9.78 Å². The van der Waals surface area contributed by atoms with Gasteiger partial charge in [0, 0.05) is 28.2 Å². The molecule has 5 heteroatoms. The first-order chi connectivity index (χ1) is 14.5. The third-order valence-corrected chi connectivity index (χ3v) is 6.58. The van der Waals surface area contributed by atoms with Gasteiger partial charge in [0.15, 0.2) is 0 Å². The molecule has 30 heavy (non-hydrogen) atoms. The molecule has 1 amide bonds. The standard InChI is InChI=1S/C25H26ClFN2O/c1-16-5-6-17(21-13-14-28-24-12-11-20(27)15-22(21)24)3-2-4-23(16)29-25(30)18-7-9-19(26)10-8-18/h7-17,23H,2-6H2,1H3,(H,29,30)/t16-,17+,23+/m1/s1. The molecule has 4 rings (SSSR count). The van der Waals surface area contributed by atoms with E-state index in [0.29, 0.717) is 22.4 Å². The van der Waals surface area contributed by atoms with Crippen LogP contribution in [0.15, 0.2) is 54.7 Å². The van der Waals surface area contributed by atoms with Crippen molar-refractivity contribution in [1.82, 2.24) is 10.3 Å². The Morgan fingerprint density at radius 1 is 1.07 bits per heavy atom. The molecule has 0 spiro atoms. The summed E-state index contributed by atoms with van der Waals surface area (Å²) in [4.78, 5) is 17.0. The second-order valence-corrected chi connectivity index (χ2v) is 8.77. The van der Waals surface area contributed by atoms with Crippen molar-refractivity contribution in [2.24, 2.45) is 5.92 Å². The highest BCUT2D eigenvalue weighted by Gasteiger charge is 2.26. The molecule has 0 bridgehead atoms. The highest BCUT2D eigenvalue weighted by Crippen LogP contribution is 2.36. The zero-order valence-electron chi connectivity index (χ0n) is 17.1. The fourth-order valence-corrected chi connectivity index (χ4v) is 4.68. The number of fused-ring (bicyclic) bond motifs is 1. The Hall–Kier alpha value is -2.46. The minimum absolute atomic E-state index is 0.0451. The van der Waals surface area contributed by atoms with Crippen molar-refractivity contribution in [2.75, 3.05) is 0 Å². The molecule has 1 N–H and O–H groups in total. The van der Waals surface area contributed by atoms with Crippen molar-refractivity contribution in [3.05, 3.63) is 76.7 Å². The number of halogens is 2. The topological polar surface area (TPSA) is 42.0 Å². The molecule has 1 aromatic heterocycles. The number of nitrogens with zero attached hydrogens (tertiary/aromatic N) is 1. The average Bonchev–Trinajstić information content (AvgIpc) is 2.74. The fourth-order valence-electron chi connectivity index (χ4n) is 4.55. The van der Waals surface area contributed by atoms with E-state index < -0.39 is 0 Å². The van der Waals surface area contributed by atoms with Gasteiger partial charge in [0.05, 0.1) is 5.52 Å². The number of amides is 1. The maximum absolute atomic E-state index is 13.9. The molecule has 3 aromatic rings. The fraction of sp³-hybridized carbons (Fsp3) is 0.360. The smallest absolute Gasteiger partial charge is 0.251 e. The third kappa shape index (κ3) is 4.65. The average molecular weight is 425 g/mol. The molecule has 2 aromatic carbocycles. The van der Waals surface area contributed by atoms with E-state index in [-0.39, 0.29) is 17.8 Å². The summed E-state index contributed by atoms with van der Waals surface area (Å²) in [6, 6.07) is 14.0. The van der Waals surface area contributed by atoms with Crippen LogP contribution in [0.4, 0.5) is 4.39 Å². The Labute approximate surface area is 181 Å². The van der Waals surface area contributed by atoms with E-state index in [1.165, 1.54) is 11.6 Å². The number of hydrogen-bond acceptors (Lipinski definition) is 2. The molecule has 1 fully saturated rings. The molecular formula is C25H26ClFN2O. The molecule has 0 aliphatic heterocycles. The molecule has 3 nitrogen and oxygen atoms in total. The minimum atomic E-state index is -0.221. The lowest BCUT2D eigenvalue weighted by atomic mass is 9.79. The van der Waals surface area contributed by atoms with E-state index in [0.717, 1.165) is 43.0 Å². The second-order valence-electron chi connectivity index (χ2n) is 8.33. The van der Waals surface area contributed by atoms with E-state index in [4.69, 9.17) is 11.6 Å². The highest BCUT2D eigenvalue weighted by atomic mass is 35.5. The van der Waals surface area contributed by atoms with Crippen LogP contribution < -0.4 is 5.32 Å². The van der Waals surface area contributed by atoms with Gasteiger partial charge in [0.2, 0.25) is 0 Å². The number of aromatic nitrogens is 1. The van der Waals surface area contributed by atoms with Crippen LogP contribution in [0, 0.1) is 11.7 Å². The largest absolute Gasteiger partial charge is 0.349 e. The summed E-state index contributed by atoms with van der Waals surface area (Å²) < 4.78 is 13.9. The van der Waals surface area contributed by atoms with Gasteiger partial charge in [-0.15, -0.1) is 0 Å². The Balaban J connectivity index is 1.45. The molecule has 1 heterocycles. The number of hydrogen-bond donors (Lipinski definition) is 1. The summed E-state index contributed by atoms with van der Waals surface area (Å²) in [5.41, 5.74) is 2.67. The van der Waals surface area contributed by atoms with Crippen LogP contribution in [0.2, 0.25) is 5.02 Å². The molecule has 3 atom stereocenters. The van der Waals surface area contributed by atoms with Crippen LogP contribution in [-0.4, -0.2) is 16.9 Å². The first kappa shape index (κ1) is 20.8. The molecule has 1 saturated carbocycles. The molecule has 0 radical (unpaired) electrons. The van der Waals surface area contributed by atoms with Gasteiger partial charge in [0.25, 0.3) is 5.91 Å².